The highest BCUT2D eigenvalue weighted by Crippen LogP contribution is 2.33. The first-order valence-corrected chi connectivity index (χ1v) is 7.48. The van der Waals surface area contributed by atoms with Crippen LogP contribution in [-0.4, -0.2) is 13.1 Å². The van der Waals surface area contributed by atoms with E-state index in [1.807, 2.05) is 30.3 Å². The number of halogens is 2. The van der Waals surface area contributed by atoms with Crippen LogP contribution >= 0.6 is 27.5 Å². The van der Waals surface area contributed by atoms with Crippen molar-refractivity contribution in [1.29, 1.82) is 0 Å². The van der Waals surface area contributed by atoms with Gasteiger partial charge in [0.15, 0.2) is 0 Å². The van der Waals surface area contributed by atoms with Crippen LogP contribution in [0.25, 0.3) is 0 Å². The van der Waals surface area contributed by atoms with Gasteiger partial charge in [-0.15, -0.1) is 0 Å². The molecule has 0 saturated heterocycles. The lowest BCUT2D eigenvalue weighted by Crippen LogP contribution is -2.06. The molecule has 5 heteroatoms. The van der Waals surface area contributed by atoms with Crippen molar-refractivity contribution in [2.24, 2.45) is 0 Å². The summed E-state index contributed by atoms with van der Waals surface area (Å²) in [5.74, 6) is 0.275. The minimum absolute atomic E-state index is 0.138. The predicted molar refractivity (Wildman–Crippen MR) is 85.6 cm³/mol. The molecule has 2 rings (SSSR count). The van der Waals surface area contributed by atoms with Crippen molar-refractivity contribution in [3.8, 4) is 5.75 Å². The second kappa shape index (κ2) is 7.48. The van der Waals surface area contributed by atoms with Crippen LogP contribution in [0.3, 0.4) is 0 Å². The molecule has 0 fully saturated rings. The SMILES string of the molecule is COC(=O)Cc1cc(Cl)cc(OCc2ccccc2)c1Br. The summed E-state index contributed by atoms with van der Waals surface area (Å²) in [6.45, 7) is 0.428. The van der Waals surface area contributed by atoms with E-state index in [2.05, 4.69) is 20.7 Å². The Morgan fingerprint density at radius 2 is 1.95 bits per heavy atom. The fraction of sp³-hybridized carbons (Fsp3) is 0.188. The fourth-order valence-corrected chi connectivity index (χ4v) is 2.53. The van der Waals surface area contributed by atoms with Gasteiger partial charge >= 0.3 is 5.97 Å². The quantitative estimate of drug-likeness (QED) is 0.733. The molecule has 0 amide bonds. The van der Waals surface area contributed by atoms with Gasteiger partial charge in [-0.3, -0.25) is 4.79 Å². The molecule has 0 heterocycles. The smallest absolute Gasteiger partial charge is 0.310 e. The van der Waals surface area contributed by atoms with Crippen molar-refractivity contribution < 1.29 is 14.3 Å². The zero-order valence-electron chi connectivity index (χ0n) is 11.4. The Labute approximate surface area is 137 Å². The minimum Gasteiger partial charge on any atom is -0.488 e. The van der Waals surface area contributed by atoms with Gasteiger partial charge in [0.05, 0.1) is 18.0 Å². The summed E-state index contributed by atoms with van der Waals surface area (Å²) in [5, 5.41) is 0.514. The molecule has 110 valence electrons. The molecule has 0 aliphatic carbocycles. The number of benzene rings is 2. The van der Waals surface area contributed by atoms with Crippen LogP contribution < -0.4 is 4.74 Å². The van der Waals surface area contributed by atoms with Crippen LogP contribution in [0.15, 0.2) is 46.9 Å². The Morgan fingerprint density at radius 3 is 2.62 bits per heavy atom. The van der Waals surface area contributed by atoms with Crippen LogP contribution in [0.2, 0.25) is 5.02 Å². The van der Waals surface area contributed by atoms with Gasteiger partial charge in [0, 0.05) is 5.02 Å². The Morgan fingerprint density at radius 1 is 1.24 bits per heavy atom. The maximum Gasteiger partial charge on any atom is 0.310 e. The van der Waals surface area contributed by atoms with Gasteiger partial charge < -0.3 is 9.47 Å². The van der Waals surface area contributed by atoms with E-state index in [4.69, 9.17) is 16.3 Å². The molecular formula is C16H14BrClO3. The van der Waals surface area contributed by atoms with Gasteiger partial charge in [0.25, 0.3) is 0 Å². The number of ether oxygens (including phenoxy) is 2. The van der Waals surface area contributed by atoms with Crippen LogP contribution in [0.5, 0.6) is 5.75 Å². The molecule has 21 heavy (non-hydrogen) atoms. The largest absolute Gasteiger partial charge is 0.488 e. The standard InChI is InChI=1S/C16H14BrClO3/c1-20-15(19)8-12-7-13(18)9-14(16(12)17)21-10-11-5-3-2-4-6-11/h2-7,9H,8,10H2,1H3. The Balaban J connectivity index is 2.17. The van der Waals surface area contributed by atoms with Gasteiger partial charge in [-0.05, 0) is 39.2 Å². The minimum atomic E-state index is -0.327. The molecule has 0 N–H and O–H groups in total. The van der Waals surface area contributed by atoms with E-state index < -0.39 is 0 Å². The van der Waals surface area contributed by atoms with Crippen molar-refractivity contribution in [3.63, 3.8) is 0 Å². The van der Waals surface area contributed by atoms with Gasteiger partial charge in [0.1, 0.15) is 12.4 Å². The maximum absolute atomic E-state index is 11.4. The zero-order valence-corrected chi connectivity index (χ0v) is 13.8. The summed E-state index contributed by atoms with van der Waals surface area (Å²) in [6.07, 6.45) is 0.138. The monoisotopic (exact) mass is 368 g/mol. The van der Waals surface area contributed by atoms with Crippen molar-refractivity contribution >= 4 is 33.5 Å². The number of methoxy groups -OCH3 is 1. The second-order valence-corrected chi connectivity index (χ2v) is 5.63. The number of carbonyl (C=O) groups excluding carboxylic acids is 1. The summed E-state index contributed by atoms with van der Waals surface area (Å²) in [6, 6.07) is 13.3. The van der Waals surface area contributed by atoms with E-state index in [9.17, 15) is 4.79 Å². The van der Waals surface area contributed by atoms with Crippen LogP contribution in [0.4, 0.5) is 0 Å². The molecule has 0 saturated carbocycles. The van der Waals surface area contributed by atoms with Crippen molar-refractivity contribution in [2.45, 2.75) is 13.0 Å². The molecule has 2 aromatic rings. The van der Waals surface area contributed by atoms with E-state index in [0.717, 1.165) is 11.1 Å². The molecule has 0 spiro atoms. The van der Waals surface area contributed by atoms with E-state index >= 15 is 0 Å². The molecule has 0 aliphatic heterocycles. The topological polar surface area (TPSA) is 35.5 Å². The third-order valence-corrected chi connectivity index (χ3v) is 4.00. The first kappa shape index (κ1) is 15.9. The van der Waals surface area contributed by atoms with Crippen LogP contribution in [0.1, 0.15) is 11.1 Å². The second-order valence-electron chi connectivity index (χ2n) is 4.40. The zero-order chi connectivity index (χ0) is 15.2. The summed E-state index contributed by atoms with van der Waals surface area (Å²) >= 11 is 9.53. The molecule has 0 radical (unpaired) electrons. The normalized spacial score (nSPS) is 10.2. The molecule has 3 nitrogen and oxygen atoms in total. The fourth-order valence-electron chi connectivity index (χ4n) is 1.81. The highest BCUT2D eigenvalue weighted by atomic mass is 79.9. The molecule has 0 atom stereocenters. The first-order chi connectivity index (χ1) is 10.1. The van der Waals surface area contributed by atoms with E-state index in [0.29, 0.717) is 21.9 Å². The third kappa shape index (κ3) is 4.48. The average Bonchev–Trinajstić information content (AvgIpc) is 2.50. The third-order valence-electron chi connectivity index (χ3n) is 2.88. The van der Waals surface area contributed by atoms with Crippen LogP contribution in [0, 0.1) is 0 Å². The van der Waals surface area contributed by atoms with Gasteiger partial charge in [-0.2, -0.15) is 0 Å². The number of hydrogen-bond donors (Lipinski definition) is 0. The molecule has 2 aromatic carbocycles. The van der Waals surface area contributed by atoms with Crippen LogP contribution in [-0.2, 0) is 22.6 Å². The average molecular weight is 370 g/mol. The number of carbonyl (C=O) groups is 1. The lowest BCUT2D eigenvalue weighted by Gasteiger charge is -2.12. The van der Waals surface area contributed by atoms with Gasteiger partial charge in [-0.25, -0.2) is 0 Å². The first-order valence-electron chi connectivity index (χ1n) is 6.31. The molecule has 0 unspecified atom stereocenters. The summed E-state index contributed by atoms with van der Waals surface area (Å²) in [5.41, 5.74) is 1.79. The number of hydrogen-bond acceptors (Lipinski definition) is 3. The van der Waals surface area contributed by atoms with Crippen molar-refractivity contribution in [3.05, 3.63) is 63.1 Å². The highest BCUT2D eigenvalue weighted by molar-refractivity contribution is 9.10. The van der Waals surface area contributed by atoms with Gasteiger partial charge in [0.2, 0.25) is 0 Å². The molecule has 0 aromatic heterocycles. The number of esters is 1. The summed E-state index contributed by atoms with van der Waals surface area (Å²) < 4.78 is 11.2. The Kier molecular flexibility index (Phi) is 5.65. The Bertz CT molecular complexity index is 629. The highest BCUT2D eigenvalue weighted by Gasteiger charge is 2.13. The van der Waals surface area contributed by atoms with Crippen molar-refractivity contribution in [1.82, 2.24) is 0 Å². The molecule has 0 aliphatic rings. The lowest BCUT2D eigenvalue weighted by atomic mass is 10.1. The van der Waals surface area contributed by atoms with Crippen molar-refractivity contribution in [2.75, 3.05) is 7.11 Å². The molecule has 0 bridgehead atoms. The molecular weight excluding hydrogens is 356 g/mol. The predicted octanol–water partition coefficient (Wildman–Crippen LogP) is 4.40. The van der Waals surface area contributed by atoms with E-state index in [-0.39, 0.29) is 12.4 Å². The number of rotatable bonds is 5. The van der Waals surface area contributed by atoms with E-state index in [1.165, 1.54) is 7.11 Å². The summed E-state index contributed by atoms with van der Waals surface area (Å²) in [4.78, 5) is 11.4. The lowest BCUT2D eigenvalue weighted by molar-refractivity contribution is -0.139. The summed E-state index contributed by atoms with van der Waals surface area (Å²) in [7, 11) is 1.35. The van der Waals surface area contributed by atoms with Gasteiger partial charge in [-0.1, -0.05) is 41.9 Å². The maximum atomic E-state index is 11.4. The Hall–Kier alpha value is -1.52. The van der Waals surface area contributed by atoms with E-state index in [1.54, 1.807) is 12.1 Å².